The van der Waals surface area contributed by atoms with Crippen molar-refractivity contribution in [3.05, 3.63) is 11.8 Å². The molecule has 0 unspecified atom stereocenters. The SMILES string of the molecule is COC(=O)CN1CCC(Cn2nc(C)cc2N)CC1. The number of aryl methyl sites for hydroxylation is 1. The van der Waals surface area contributed by atoms with Crippen LogP contribution >= 0.6 is 0 Å². The topological polar surface area (TPSA) is 73.4 Å². The van der Waals surface area contributed by atoms with E-state index in [0.717, 1.165) is 44.0 Å². The second kappa shape index (κ2) is 6.06. The molecule has 0 saturated carbocycles. The summed E-state index contributed by atoms with van der Waals surface area (Å²) < 4.78 is 6.57. The summed E-state index contributed by atoms with van der Waals surface area (Å²) in [5, 5.41) is 4.39. The summed E-state index contributed by atoms with van der Waals surface area (Å²) in [6.45, 7) is 5.07. The fourth-order valence-corrected chi connectivity index (χ4v) is 2.53. The van der Waals surface area contributed by atoms with Crippen LogP contribution in [0.1, 0.15) is 18.5 Å². The maximum absolute atomic E-state index is 11.2. The highest BCUT2D eigenvalue weighted by atomic mass is 16.5. The molecule has 1 aromatic heterocycles. The van der Waals surface area contributed by atoms with E-state index in [4.69, 9.17) is 5.73 Å². The third-order valence-corrected chi connectivity index (χ3v) is 3.65. The molecular formula is C13H22N4O2. The molecule has 0 radical (unpaired) electrons. The quantitative estimate of drug-likeness (QED) is 0.810. The van der Waals surface area contributed by atoms with E-state index < -0.39 is 0 Å². The summed E-state index contributed by atoms with van der Waals surface area (Å²) in [5.74, 6) is 1.15. The lowest BCUT2D eigenvalue weighted by Crippen LogP contribution is -2.38. The van der Waals surface area contributed by atoms with E-state index in [2.05, 4.69) is 14.7 Å². The zero-order valence-corrected chi connectivity index (χ0v) is 11.6. The molecule has 19 heavy (non-hydrogen) atoms. The van der Waals surface area contributed by atoms with Crippen molar-refractivity contribution in [2.45, 2.75) is 26.3 Å². The van der Waals surface area contributed by atoms with Crippen LogP contribution in [-0.4, -0.2) is 47.4 Å². The molecule has 106 valence electrons. The van der Waals surface area contributed by atoms with Gasteiger partial charge in [-0.3, -0.25) is 9.69 Å². The summed E-state index contributed by atoms with van der Waals surface area (Å²) in [5.41, 5.74) is 6.86. The van der Waals surface area contributed by atoms with Crippen LogP contribution in [-0.2, 0) is 16.1 Å². The first-order chi connectivity index (χ1) is 9.08. The highest BCUT2D eigenvalue weighted by Gasteiger charge is 2.22. The van der Waals surface area contributed by atoms with Crippen molar-refractivity contribution in [1.82, 2.24) is 14.7 Å². The number of likely N-dealkylation sites (tertiary alicyclic amines) is 1. The van der Waals surface area contributed by atoms with Crippen LogP contribution in [0.5, 0.6) is 0 Å². The zero-order chi connectivity index (χ0) is 13.8. The van der Waals surface area contributed by atoms with E-state index >= 15 is 0 Å². The van der Waals surface area contributed by atoms with Crippen LogP contribution in [0.4, 0.5) is 5.82 Å². The Bertz CT molecular complexity index is 436. The van der Waals surface area contributed by atoms with Gasteiger partial charge in [-0.05, 0) is 38.8 Å². The van der Waals surface area contributed by atoms with Crippen LogP contribution in [0, 0.1) is 12.8 Å². The second-order valence-corrected chi connectivity index (χ2v) is 5.19. The lowest BCUT2D eigenvalue weighted by molar-refractivity contribution is -0.142. The summed E-state index contributed by atoms with van der Waals surface area (Å²) >= 11 is 0. The third kappa shape index (κ3) is 3.70. The molecule has 1 saturated heterocycles. The Morgan fingerprint density at radius 3 is 2.74 bits per heavy atom. The van der Waals surface area contributed by atoms with Gasteiger partial charge in [-0.25, -0.2) is 4.68 Å². The molecule has 0 atom stereocenters. The molecule has 2 rings (SSSR count). The van der Waals surface area contributed by atoms with Crippen molar-refractivity contribution >= 4 is 11.8 Å². The molecule has 1 aliphatic rings. The largest absolute Gasteiger partial charge is 0.468 e. The van der Waals surface area contributed by atoms with Gasteiger partial charge in [-0.15, -0.1) is 0 Å². The predicted octanol–water partition coefficient (Wildman–Crippen LogP) is 0.659. The Hall–Kier alpha value is -1.56. The minimum absolute atomic E-state index is 0.162. The van der Waals surface area contributed by atoms with Crippen molar-refractivity contribution in [1.29, 1.82) is 0 Å². The maximum atomic E-state index is 11.2. The molecule has 0 amide bonds. The molecule has 0 spiro atoms. The first-order valence-corrected chi connectivity index (χ1v) is 6.67. The summed E-state index contributed by atoms with van der Waals surface area (Å²) in [6, 6.07) is 1.90. The lowest BCUT2D eigenvalue weighted by atomic mass is 9.97. The van der Waals surface area contributed by atoms with E-state index in [1.807, 2.05) is 17.7 Å². The minimum atomic E-state index is -0.162. The van der Waals surface area contributed by atoms with Gasteiger partial charge in [0.25, 0.3) is 0 Å². The summed E-state index contributed by atoms with van der Waals surface area (Å²) in [4.78, 5) is 13.3. The highest BCUT2D eigenvalue weighted by molar-refractivity contribution is 5.71. The number of nitrogens with zero attached hydrogens (tertiary/aromatic N) is 3. The van der Waals surface area contributed by atoms with Crippen molar-refractivity contribution in [3.8, 4) is 0 Å². The fourth-order valence-electron chi connectivity index (χ4n) is 2.53. The van der Waals surface area contributed by atoms with Crippen LogP contribution in [0.25, 0.3) is 0 Å². The molecule has 6 nitrogen and oxygen atoms in total. The van der Waals surface area contributed by atoms with Gasteiger partial charge in [0.15, 0.2) is 0 Å². The number of hydrogen-bond acceptors (Lipinski definition) is 5. The molecule has 0 aromatic carbocycles. The molecular weight excluding hydrogens is 244 g/mol. The van der Waals surface area contributed by atoms with E-state index in [0.29, 0.717) is 12.5 Å². The second-order valence-electron chi connectivity index (χ2n) is 5.19. The Labute approximate surface area is 113 Å². The molecule has 6 heteroatoms. The molecule has 1 aromatic rings. The number of carbonyl (C=O) groups excluding carboxylic acids is 1. The Balaban J connectivity index is 1.80. The van der Waals surface area contributed by atoms with E-state index in [1.165, 1.54) is 7.11 Å². The number of esters is 1. The monoisotopic (exact) mass is 266 g/mol. The predicted molar refractivity (Wildman–Crippen MR) is 72.6 cm³/mol. The first-order valence-electron chi connectivity index (χ1n) is 6.67. The van der Waals surface area contributed by atoms with Crippen LogP contribution in [0.2, 0.25) is 0 Å². The number of hydrogen-bond donors (Lipinski definition) is 1. The number of ether oxygens (including phenoxy) is 1. The van der Waals surface area contributed by atoms with Gasteiger partial charge in [0, 0.05) is 12.6 Å². The molecule has 0 bridgehead atoms. The fraction of sp³-hybridized carbons (Fsp3) is 0.692. The number of methoxy groups -OCH3 is 1. The van der Waals surface area contributed by atoms with Gasteiger partial charge in [0.2, 0.25) is 0 Å². The smallest absolute Gasteiger partial charge is 0.319 e. The number of nitrogen functional groups attached to an aromatic ring is 1. The Kier molecular flexibility index (Phi) is 4.42. The highest BCUT2D eigenvalue weighted by Crippen LogP contribution is 2.20. The lowest BCUT2D eigenvalue weighted by Gasteiger charge is -2.31. The van der Waals surface area contributed by atoms with Crippen LogP contribution in [0.15, 0.2) is 6.07 Å². The van der Waals surface area contributed by atoms with Gasteiger partial charge < -0.3 is 10.5 Å². The standard InChI is InChI=1S/C13H22N4O2/c1-10-7-12(14)17(15-10)8-11-3-5-16(6-4-11)9-13(18)19-2/h7,11H,3-6,8-9,14H2,1-2H3. The van der Waals surface area contributed by atoms with Crippen molar-refractivity contribution in [2.75, 3.05) is 32.5 Å². The maximum Gasteiger partial charge on any atom is 0.319 e. The van der Waals surface area contributed by atoms with Crippen LogP contribution in [0.3, 0.4) is 0 Å². The molecule has 2 heterocycles. The molecule has 1 fully saturated rings. The van der Waals surface area contributed by atoms with Gasteiger partial charge in [0.1, 0.15) is 5.82 Å². The Morgan fingerprint density at radius 2 is 2.21 bits per heavy atom. The number of rotatable bonds is 4. The van der Waals surface area contributed by atoms with Crippen molar-refractivity contribution in [2.24, 2.45) is 5.92 Å². The number of piperidine rings is 1. The summed E-state index contributed by atoms with van der Waals surface area (Å²) in [6.07, 6.45) is 2.13. The van der Waals surface area contributed by atoms with E-state index in [1.54, 1.807) is 0 Å². The minimum Gasteiger partial charge on any atom is -0.468 e. The van der Waals surface area contributed by atoms with Gasteiger partial charge in [-0.2, -0.15) is 5.10 Å². The molecule has 0 aliphatic carbocycles. The Morgan fingerprint density at radius 1 is 1.53 bits per heavy atom. The zero-order valence-electron chi connectivity index (χ0n) is 11.6. The van der Waals surface area contributed by atoms with Gasteiger partial charge in [-0.1, -0.05) is 0 Å². The number of aromatic nitrogens is 2. The molecule has 1 aliphatic heterocycles. The average molecular weight is 266 g/mol. The number of carbonyl (C=O) groups is 1. The van der Waals surface area contributed by atoms with E-state index in [-0.39, 0.29) is 5.97 Å². The molecule has 2 N–H and O–H groups in total. The van der Waals surface area contributed by atoms with Crippen molar-refractivity contribution in [3.63, 3.8) is 0 Å². The van der Waals surface area contributed by atoms with Gasteiger partial charge in [0.05, 0.1) is 19.3 Å². The van der Waals surface area contributed by atoms with E-state index in [9.17, 15) is 4.79 Å². The summed E-state index contributed by atoms with van der Waals surface area (Å²) in [7, 11) is 1.43. The first kappa shape index (κ1) is 13.9. The van der Waals surface area contributed by atoms with Gasteiger partial charge >= 0.3 is 5.97 Å². The average Bonchev–Trinajstić information content (AvgIpc) is 2.70. The van der Waals surface area contributed by atoms with Crippen molar-refractivity contribution < 1.29 is 9.53 Å². The third-order valence-electron chi connectivity index (χ3n) is 3.65. The number of nitrogens with two attached hydrogens (primary N) is 1. The van der Waals surface area contributed by atoms with Crippen LogP contribution < -0.4 is 5.73 Å². The number of anilines is 1. The normalized spacial score (nSPS) is 17.6.